The van der Waals surface area contributed by atoms with E-state index in [0.717, 1.165) is 11.3 Å². The standard InChI is InChI=1S/C14H18N4O3/c1-3-21-11-7-5-4-6-10(11)8-9-12(19)15-13-16-14(20-2)18-17-13/h4-7H,3,8-9H2,1-2H3,(H2,15,16,17,18,19). The molecular weight excluding hydrogens is 272 g/mol. The van der Waals surface area contributed by atoms with Crippen LogP contribution in [-0.2, 0) is 11.2 Å². The van der Waals surface area contributed by atoms with Crippen LogP contribution in [0, 0.1) is 0 Å². The molecule has 0 unspecified atom stereocenters. The van der Waals surface area contributed by atoms with Gasteiger partial charge in [-0.15, -0.1) is 5.10 Å². The number of H-pyrrole nitrogens is 1. The zero-order valence-electron chi connectivity index (χ0n) is 12.0. The number of nitrogens with one attached hydrogen (secondary N) is 2. The number of hydrogen-bond acceptors (Lipinski definition) is 5. The van der Waals surface area contributed by atoms with E-state index in [9.17, 15) is 4.79 Å². The maximum absolute atomic E-state index is 11.9. The van der Waals surface area contributed by atoms with Crippen molar-refractivity contribution in [2.45, 2.75) is 19.8 Å². The topological polar surface area (TPSA) is 89.1 Å². The van der Waals surface area contributed by atoms with Crippen LogP contribution in [0.4, 0.5) is 5.95 Å². The number of nitrogens with zero attached hydrogens (tertiary/aromatic N) is 2. The van der Waals surface area contributed by atoms with Gasteiger partial charge >= 0.3 is 6.01 Å². The van der Waals surface area contributed by atoms with Crippen molar-refractivity contribution in [3.8, 4) is 11.8 Å². The van der Waals surface area contributed by atoms with Crippen molar-refractivity contribution in [2.24, 2.45) is 0 Å². The third kappa shape index (κ3) is 4.20. The van der Waals surface area contributed by atoms with Crippen LogP contribution in [0.15, 0.2) is 24.3 Å². The summed E-state index contributed by atoms with van der Waals surface area (Å²) >= 11 is 0. The van der Waals surface area contributed by atoms with Gasteiger partial charge in [0.15, 0.2) is 0 Å². The summed E-state index contributed by atoms with van der Waals surface area (Å²) in [5, 5.41) is 8.96. The van der Waals surface area contributed by atoms with E-state index in [2.05, 4.69) is 20.5 Å². The van der Waals surface area contributed by atoms with Gasteiger partial charge in [0.05, 0.1) is 13.7 Å². The predicted octanol–water partition coefficient (Wildman–Crippen LogP) is 1.78. The third-order valence-electron chi connectivity index (χ3n) is 2.80. The van der Waals surface area contributed by atoms with Gasteiger partial charge in [-0.05, 0) is 25.0 Å². The number of hydrogen-bond donors (Lipinski definition) is 2. The second-order valence-corrected chi connectivity index (χ2v) is 4.26. The van der Waals surface area contributed by atoms with Crippen LogP contribution >= 0.6 is 0 Å². The number of carbonyl (C=O) groups excluding carboxylic acids is 1. The minimum atomic E-state index is -0.153. The molecule has 0 atom stereocenters. The van der Waals surface area contributed by atoms with Gasteiger partial charge < -0.3 is 9.47 Å². The second-order valence-electron chi connectivity index (χ2n) is 4.26. The molecule has 1 heterocycles. The molecule has 0 fully saturated rings. The first-order valence-corrected chi connectivity index (χ1v) is 6.70. The van der Waals surface area contributed by atoms with Crippen molar-refractivity contribution < 1.29 is 14.3 Å². The highest BCUT2D eigenvalue weighted by atomic mass is 16.5. The molecule has 2 aromatic rings. The minimum absolute atomic E-state index is 0.153. The van der Waals surface area contributed by atoms with Crippen molar-refractivity contribution >= 4 is 11.9 Å². The molecule has 0 saturated carbocycles. The molecule has 112 valence electrons. The molecular formula is C14H18N4O3. The van der Waals surface area contributed by atoms with Gasteiger partial charge in [0.1, 0.15) is 5.75 Å². The summed E-state index contributed by atoms with van der Waals surface area (Å²) in [5.74, 6) is 0.934. The SMILES string of the molecule is CCOc1ccccc1CCC(=O)Nc1nc(OC)n[nH]1. The zero-order valence-corrected chi connectivity index (χ0v) is 12.0. The first-order valence-electron chi connectivity index (χ1n) is 6.70. The highest BCUT2D eigenvalue weighted by Crippen LogP contribution is 2.19. The van der Waals surface area contributed by atoms with E-state index in [-0.39, 0.29) is 17.9 Å². The molecule has 0 aliphatic heterocycles. The molecule has 0 bridgehead atoms. The fourth-order valence-electron chi connectivity index (χ4n) is 1.84. The van der Waals surface area contributed by atoms with Crippen molar-refractivity contribution in [1.82, 2.24) is 15.2 Å². The van der Waals surface area contributed by atoms with Gasteiger partial charge in [-0.2, -0.15) is 4.98 Å². The molecule has 21 heavy (non-hydrogen) atoms. The number of rotatable bonds is 7. The molecule has 0 saturated heterocycles. The number of aromatic nitrogens is 3. The summed E-state index contributed by atoms with van der Waals surface area (Å²) in [6.07, 6.45) is 0.917. The van der Waals surface area contributed by atoms with Crippen LogP contribution in [0.3, 0.4) is 0 Å². The quantitative estimate of drug-likeness (QED) is 0.811. The first kappa shape index (κ1) is 14.8. The Balaban J connectivity index is 1.89. The number of benzene rings is 1. The maximum atomic E-state index is 11.9. The van der Waals surface area contributed by atoms with Crippen molar-refractivity contribution in [3.63, 3.8) is 0 Å². The van der Waals surface area contributed by atoms with Gasteiger partial charge in [-0.1, -0.05) is 18.2 Å². The van der Waals surface area contributed by atoms with Crippen molar-refractivity contribution in [2.75, 3.05) is 19.0 Å². The Kier molecular flexibility index (Phi) is 5.14. The lowest BCUT2D eigenvalue weighted by Crippen LogP contribution is -2.13. The Hall–Kier alpha value is -2.57. The molecule has 7 nitrogen and oxygen atoms in total. The van der Waals surface area contributed by atoms with E-state index < -0.39 is 0 Å². The lowest BCUT2D eigenvalue weighted by molar-refractivity contribution is -0.116. The summed E-state index contributed by atoms with van der Waals surface area (Å²) in [7, 11) is 1.46. The Morgan fingerprint density at radius 1 is 1.38 bits per heavy atom. The molecule has 1 aromatic heterocycles. The van der Waals surface area contributed by atoms with Gasteiger partial charge in [0.2, 0.25) is 11.9 Å². The van der Waals surface area contributed by atoms with E-state index in [4.69, 9.17) is 9.47 Å². The predicted molar refractivity (Wildman–Crippen MR) is 77.5 cm³/mol. The van der Waals surface area contributed by atoms with Crippen LogP contribution < -0.4 is 14.8 Å². The highest BCUT2D eigenvalue weighted by molar-refractivity contribution is 5.89. The number of aryl methyl sites for hydroxylation is 1. The minimum Gasteiger partial charge on any atom is -0.494 e. The second kappa shape index (κ2) is 7.28. The fraction of sp³-hybridized carbons (Fsp3) is 0.357. The highest BCUT2D eigenvalue weighted by Gasteiger charge is 2.09. The number of para-hydroxylation sites is 1. The molecule has 0 aliphatic carbocycles. The van der Waals surface area contributed by atoms with Crippen LogP contribution in [0.1, 0.15) is 18.9 Å². The lowest BCUT2D eigenvalue weighted by Gasteiger charge is -2.09. The largest absolute Gasteiger partial charge is 0.494 e. The van der Waals surface area contributed by atoms with Gasteiger partial charge in [0, 0.05) is 6.42 Å². The van der Waals surface area contributed by atoms with Crippen molar-refractivity contribution in [1.29, 1.82) is 0 Å². The van der Waals surface area contributed by atoms with E-state index in [1.165, 1.54) is 7.11 Å². The number of aromatic amines is 1. The van der Waals surface area contributed by atoms with Crippen LogP contribution in [0.5, 0.6) is 11.8 Å². The normalized spacial score (nSPS) is 10.2. The summed E-state index contributed by atoms with van der Waals surface area (Å²) in [6, 6.07) is 7.88. The molecule has 7 heteroatoms. The molecule has 1 amide bonds. The van der Waals surface area contributed by atoms with Crippen LogP contribution in [0.2, 0.25) is 0 Å². The number of carbonyl (C=O) groups is 1. The van der Waals surface area contributed by atoms with E-state index in [0.29, 0.717) is 19.4 Å². The Morgan fingerprint density at radius 2 is 2.19 bits per heavy atom. The maximum Gasteiger partial charge on any atom is 0.336 e. The zero-order chi connectivity index (χ0) is 15.1. The monoisotopic (exact) mass is 290 g/mol. The molecule has 2 N–H and O–H groups in total. The van der Waals surface area contributed by atoms with Crippen LogP contribution in [0.25, 0.3) is 0 Å². The third-order valence-corrected chi connectivity index (χ3v) is 2.80. The average molecular weight is 290 g/mol. The summed E-state index contributed by atoms with van der Waals surface area (Å²) in [5.41, 5.74) is 1.00. The molecule has 0 spiro atoms. The number of methoxy groups -OCH3 is 1. The number of anilines is 1. The molecule has 0 aliphatic rings. The Morgan fingerprint density at radius 3 is 2.90 bits per heavy atom. The van der Waals surface area contributed by atoms with Gasteiger partial charge in [-0.25, -0.2) is 5.10 Å². The van der Waals surface area contributed by atoms with Gasteiger partial charge in [-0.3, -0.25) is 10.1 Å². The van der Waals surface area contributed by atoms with E-state index >= 15 is 0 Å². The summed E-state index contributed by atoms with van der Waals surface area (Å²) in [6.45, 7) is 2.53. The summed E-state index contributed by atoms with van der Waals surface area (Å²) < 4.78 is 10.4. The average Bonchev–Trinajstić information content (AvgIpc) is 2.94. The first-order chi connectivity index (χ1) is 10.2. The fourth-order valence-corrected chi connectivity index (χ4v) is 1.84. The number of amides is 1. The van der Waals surface area contributed by atoms with E-state index in [1.54, 1.807) is 0 Å². The van der Waals surface area contributed by atoms with Crippen LogP contribution in [-0.4, -0.2) is 34.8 Å². The number of ether oxygens (including phenoxy) is 2. The molecule has 0 radical (unpaired) electrons. The lowest BCUT2D eigenvalue weighted by atomic mass is 10.1. The van der Waals surface area contributed by atoms with Gasteiger partial charge in [0.25, 0.3) is 0 Å². The van der Waals surface area contributed by atoms with E-state index in [1.807, 2.05) is 31.2 Å². The molecule has 2 rings (SSSR count). The summed E-state index contributed by atoms with van der Waals surface area (Å²) in [4.78, 5) is 15.8. The molecule has 1 aromatic carbocycles. The Labute approximate surface area is 122 Å². The van der Waals surface area contributed by atoms with Crippen molar-refractivity contribution in [3.05, 3.63) is 29.8 Å². The Bertz CT molecular complexity index is 597. The smallest absolute Gasteiger partial charge is 0.336 e.